The Hall–Kier alpha value is -3.53. The van der Waals surface area contributed by atoms with Crippen molar-refractivity contribution in [2.24, 2.45) is 5.92 Å². The first-order valence-electron chi connectivity index (χ1n) is 13.2. The molecule has 39 heavy (non-hydrogen) atoms. The Kier molecular flexibility index (Phi) is 7.83. The van der Waals surface area contributed by atoms with Crippen LogP contribution in [0.2, 0.25) is 5.15 Å². The standard InChI is InChI=1S/C28H32ClN3O7/c1-3-37-26(34)28-15-18(28)8-6-4-5-7-11-38-27(35)32-16-20(14-22(32)24(33)31-28)39-25-21-10-9-19(36-2)12-17(21)13-23(29)30-25/h6,8-10,12-13,18,20,22H,3-5,7,11,14-16H2,1-2H3,(H,31,33)/t18-,20-,22+,28-/m1/s1. The van der Waals surface area contributed by atoms with E-state index in [2.05, 4.69) is 10.3 Å². The van der Waals surface area contributed by atoms with E-state index in [4.69, 9.17) is 30.5 Å². The second kappa shape index (κ2) is 11.3. The fraction of sp³-hybridized carbons (Fsp3) is 0.500. The van der Waals surface area contributed by atoms with Gasteiger partial charge in [-0.2, -0.15) is 0 Å². The number of carbonyl (C=O) groups is 3. The number of hydrogen-bond acceptors (Lipinski definition) is 8. The summed E-state index contributed by atoms with van der Waals surface area (Å²) in [7, 11) is 1.58. The third-order valence-electron chi connectivity index (χ3n) is 7.41. The lowest BCUT2D eigenvalue weighted by Gasteiger charge is -2.25. The maximum absolute atomic E-state index is 13.6. The van der Waals surface area contributed by atoms with E-state index >= 15 is 0 Å². The number of methoxy groups -OCH3 is 1. The van der Waals surface area contributed by atoms with Crippen LogP contribution in [-0.4, -0.2) is 72.4 Å². The van der Waals surface area contributed by atoms with Crippen LogP contribution in [0.1, 0.15) is 39.0 Å². The summed E-state index contributed by atoms with van der Waals surface area (Å²) in [5.74, 6) is -0.121. The highest BCUT2D eigenvalue weighted by molar-refractivity contribution is 6.30. The van der Waals surface area contributed by atoms with Crippen LogP contribution in [-0.2, 0) is 19.1 Å². The van der Waals surface area contributed by atoms with Gasteiger partial charge in [-0.1, -0.05) is 23.8 Å². The molecule has 1 N–H and O–H groups in total. The topological polar surface area (TPSA) is 116 Å². The van der Waals surface area contributed by atoms with Crippen LogP contribution < -0.4 is 14.8 Å². The average molecular weight is 558 g/mol. The highest BCUT2D eigenvalue weighted by atomic mass is 35.5. The van der Waals surface area contributed by atoms with E-state index < -0.39 is 35.7 Å². The first-order chi connectivity index (χ1) is 18.8. The molecule has 208 valence electrons. The van der Waals surface area contributed by atoms with Crippen LogP contribution in [0.4, 0.5) is 4.79 Å². The SMILES string of the molecule is CCOC(=O)[C@@]12C[C@H]1C=CCCCCOC(=O)N1C[C@H](Oc3nc(Cl)cc4cc(OC)ccc34)C[C@H]1C(=O)N2. The maximum atomic E-state index is 13.6. The number of ether oxygens (including phenoxy) is 4. The van der Waals surface area contributed by atoms with Gasteiger partial charge in [-0.3, -0.25) is 9.69 Å². The quantitative estimate of drug-likeness (QED) is 0.333. The van der Waals surface area contributed by atoms with Crippen molar-refractivity contribution in [3.8, 4) is 11.6 Å². The number of benzene rings is 1. The van der Waals surface area contributed by atoms with Crippen molar-refractivity contribution in [2.45, 2.75) is 56.7 Å². The van der Waals surface area contributed by atoms with Gasteiger partial charge in [-0.25, -0.2) is 14.6 Å². The first-order valence-corrected chi connectivity index (χ1v) is 13.6. The third-order valence-corrected chi connectivity index (χ3v) is 7.60. The fourth-order valence-corrected chi connectivity index (χ4v) is 5.45. The summed E-state index contributed by atoms with van der Waals surface area (Å²) >= 11 is 6.27. The number of nitrogens with one attached hydrogen (secondary N) is 1. The Bertz CT molecular complexity index is 1300. The van der Waals surface area contributed by atoms with Crippen molar-refractivity contribution in [1.29, 1.82) is 0 Å². The van der Waals surface area contributed by atoms with Crippen molar-refractivity contribution < 1.29 is 33.3 Å². The Balaban J connectivity index is 1.40. The van der Waals surface area contributed by atoms with Crippen LogP contribution in [0, 0.1) is 5.92 Å². The molecule has 1 aromatic carbocycles. The van der Waals surface area contributed by atoms with Gasteiger partial charge in [0.05, 0.1) is 26.9 Å². The summed E-state index contributed by atoms with van der Waals surface area (Å²) in [6.45, 7) is 2.30. The Morgan fingerprint density at radius 1 is 1.28 bits per heavy atom. The summed E-state index contributed by atoms with van der Waals surface area (Å²) in [4.78, 5) is 45.3. The summed E-state index contributed by atoms with van der Waals surface area (Å²) in [6, 6.07) is 6.26. The van der Waals surface area contributed by atoms with Crippen LogP contribution in [0.25, 0.3) is 10.8 Å². The van der Waals surface area contributed by atoms with Gasteiger partial charge in [0, 0.05) is 17.7 Å². The summed E-state index contributed by atoms with van der Waals surface area (Å²) in [5.41, 5.74) is -1.13. The molecule has 1 aliphatic carbocycles. The number of carbonyl (C=O) groups excluding carboxylic acids is 3. The van der Waals surface area contributed by atoms with Crippen molar-refractivity contribution in [2.75, 3.05) is 26.9 Å². The molecule has 2 aliphatic heterocycles. The molecule has 0 spiro atoms. The zero-order chi connectivity index (χ0) is 27.6. The van der Waals surface area contributed by atoms with Crippen LogP contribution in [0.5, 0.6) is 11.6 Å². The Labute approximate surface area is 231 Å². The molecule has 1 aromatic heterocycles. The molecule has 1 saturated carbocycles. The maximum Gasteiger partial charge on any atom is 0.410 e. The number of fused-ring (bicyclic) bond motifs is 3. The number of pyridine rings is 1. The molecular formula is C28H32ClN3O7. The average Bonchev–Trinajstić information content (AvgIpc) is 3.44. The number of cyclic esters (lactones) is 1. The molecule has 0 bridgehead atoms. The monoisotopic (exact) mass is 557 g/mol. The minimum Gasteiger partial charge on any atom is -0.497 e. The zero-order valence-corrected chi connectivity index (χ0v) is 22.7. The number of rotatable bonds is 5. The van der Waals surface area contributed by atoms with Gasteiger partial charge in [-0.05, 0) is 62.3 Å². The number of amides is 2. The highest BCUT2D eigenvalue weighted by Crippen LogP contribution is 2.46. The van der Waals surface area contributed by atoms with Gasteiger partial charge in [0.1, 0.15) is 28.6 Å². The van der Waals surface area contributed by atoms with Gasteiger partial charge in [-0.15, -0.1) is 0 Å². The van der Waals surface area contributed by atoms with E-state index in [0.29, 0.717) is 24.5 Å². The van der Waals surface area contributed by atoms with Crippen molar-refractivity contribution in [3.63, 3.8) is 0 Å². The van der Waals surface area contributed by atoms with E-state index in [-0.39, 0.29) is 37.3 Å². The largest absolute Gasteiger partial charge is 0.497 e. The summed E-state index contributed by atoms with van der Waals surface area (Å²) in [6.07, 6.45) is 5.77. The molecule has 3 heterocycles. The zero-order valence-electron chi connectivity index (χ0n) is 22.0. The Morgan fingerprint density at radius 2 is 2.13 bits per heavy atom. The van der Waals surface area contributed by atoms with Gasteiger partial charge < -0.3 is 24.3 Å². The van der Waals surface area contributed by atoms with E-state index in [0.717, 1.165) is 23.6 Å². The van der Waals surface area contributed by atoms with E-state index in [1.807, 2.05) is 24.3 Å². The lowest BCUT2D eigenvalue weighted by atomic mass is 10.1. The molecule has 2 amide bonds. The van der Waals surface area contributed by atoms with E-state index in [9.17, 15) is 14.4 Å². The van der Waals surface area contributed by atoms with Crippen LogP contribution in [0.3, 0.4) is 0 Å². The number of aromatic nitrogens is 1. The number of nitrogens with zero attached hydrogens (tertiary/aromatic N) is 2. The van der Waals surface area contributed by atoms with Gasteiger partial charge >= 0.3 is 12.1 Å². The fourth-order valence-electron chi connectivity index (χ4n) is 5.26. The molecule has 3 aliphatic rings. The Morgan fingerprint density at radius 3 is 2.92 bits per heavy atom. The molecule has 2 fully saturated rings. The van der Waals surface area contributed by atoms with E-state index in [1.165, 1.54) is 4.90 Å². The molecular weight excluding hydrogens is 526 g/mol. The van der Waals surface area contributed by atoms with E-state index in [1.54, 1.807) is 26.2 Å². The molecule has 4 atom stereocenters. The molecule has 11 heteroatoms. The van der Waals surface area contributed by atoms with Gasteiger partial charge in [0.25, 0.3) is 0 Å². The molecule has 0 unspecified atom stereocenters. The molecule has 10 nitrogen and oxygen atoms in total. The predicted octanol–water partition coefficient (Wildman–Crippen LogP) is 4.03. The molecule has 1 saturated heterocycles. The van der Waals surface area contributed by atoms with Gasteiger partial charge in [0.15, 0.2) is 0 Å². The van der Waals surface area contributed by atoms with Crippen LogP contribution in [0.15, 0.2) is 36.4 Å². The van der Waals surface area contributed by atoms with Crippen LogP contribution >= 0.6 is 11.6 Å². The molecule has 0 radical (unpaired) electrons. The van der Waals surface area contributed by atoms with Crippen molar-refractivity contribution >= 4 is 40.3 Å². The van der Waals surface area contributed by atoms with Crippen molar-refractivity contribution in [3.05, 3.63) is 41.6 Å². The minimum atomic E-state index is -1.13. The lowest BCUT2D eigenvalue weighted by Crippen LogP contribution is -2.53. The number of allylic oxidation sites excluding steroid dienone is 1. The number of halogens is 1. The molecule has 2 aromatic rings. The highest BCUT2D eigenvalue weighted by Gasteiger charge is 2.62. The molecule has 5 rings (SSSR count). The first kappa shape index (κ1) is 27.1. The summed E-state index contributed by atoms with van der Waals surface area (Å²) in [5, 5.41) is 4.65. The summed E-state index contributed by atoms with van der Waals surface area (Å²) < 4.78 is 22.3. The lowest BCUT2D eigenvalue weighted by molar-refractivity contribution is -0.149. The number of esters is 1. The normalized spacial score (nSPS) is 27.1. The number of hydrogen-bond donors (Lipinski definition) is 1. The smallest absolute Gasteiger partial charge is 0.410 e. The van der Waals surface area contributed by atoms with Crippen molar-refractivity contribution in [1.82, 2.24) is 15.2 Å². The minimum absolute atomic E-state index is 0.110. The second-order valence-corrected chi connectivity index (χ2v) is 10.4. The second-order valence-electron chi connectivity index (χ2n) is 10.0. The third kappa shape index (κ3) is 5.61. The van der Waals surface area contributed by atoms with Gasteiger partial charge in [0.2, 0.25) is 11.8 Å². The predicted molar refractivity (Wildman–Crippen MR) is 143 cm³/mol.